The third-order valence-corrected chi connectivity index (χ3v) is 4.43. The fourth-order valence-corrected chi connectivity index (χ4v) is 2.97. The molecule has 0 saturated carbocycles. The van der Waals surface area contributed by atoms with E-state index >= 15 is 0 Å². The molecular formula is C20H23FN4O. The number of halogens is 1. The number of nitrogens with zero attached hydrogens (tertiary/aromatic N) is 2. The Kier molecular flexibility index (Phi) is 6.30. The normalized spacial score (nSPS) is 13.8. The van der Waals surface area contributed by atoms with E-state index in [4.69, 9.17) is 0 Å². The molecule has 1 aliphatic rings. The molecule has 1 amide bonds. The van der Waals surface area contributed by atoms with E-state index in [1.165, 1.54) is 43.7 Å². The van der Waals surface area contributed by atoms with Gasteiger partial charge in [-0.05, 0) is 38.2 Å². The molecule has 1 aromatic heterocycles. The van der Waals surface area contributed by atoms with Gasteiger partial charge in [0, 0.05) is 24.7 Å². The Balaban J connectivity index is 1.52. The van der Waals surface area contributed by atoms with Gasteiger partial charge >= 0.3 is 0 Å². The van der Waals surface area contributed by atoms with Gasteiger partial charge in [0.05, 0.1) is 0 Å². The highest BCUT2D eigenvalue weighted by Gasteiger charge is 2.10. The maximum absolute atomic E-state index is 13.6. The standard InChI is InChI=1S/C20H23FN4O/c21-17-9-5-4-8-16(17)13-23-20(26)18-12-19(25-14-24-18)22-11-10-15-6-2-1-3-7-15/h4-6,8-9,12,14H,1-3,7,10-11,13H2,(H,23,26)(H,22,24,25). The molecule has 0 fully saturated rings. The molecule has 0 atom stereocenters. The van der Waals surface area contributed by atoms with Gasteiger partial charge in [-0.2, -0.15) is 0 Å². The number of carbonyl (C=O) groups is 1. The first kappa shape index (κ1) is 18.0. The maximum atomic E-state index is 13.6. The molecule has 1 heterocycles. The summed E-state index contributed by atoms with van der Waals surface area (Å²) in [6, 6.07) is 7.98. The summed E-state index contributed by atoms with van der Waals surface area (Å²) in [4.78, 5) is 20.4. The van der Waals surface area contributed by atoms with Crippen LogP contribution in [0.3, 0.4) is 0 Å². The summed E-state index contributed by atoms with van der Waals surface area (Å²) in [5, 5.41) is 5.92. The number of rotatable bonds is 7. The molecule has 2 aromatic rings. The number of benzene rings is 1. The molecule has 2 N–H and O–H groups in total. The molecule has 26 heavy (non-hydrogen) atoms. The van der Waals surface area contributed by atoms with Gasteiger partial charge in [-0.3, -0.25) is 4.79 Å². The minimum absolute atomic E-state index is 0.117. The summed E-state index contributed by atoms with van der Waals surface area (Å²) in [5.74, 6) is -0.0731. The molecule has 6 heteroatoms. The number of carbonyl (C=O) groups excluding carboxylic acids is 1. The Morgan fingerprint density at radius 2 is 2.08 bits per heavy atom. The Hall–Kier alpha value is -2.76. The lowest BCUT2D eigenvalue weighted by molar-refractivity contribution is 0.0945. The van der Waals surface area contributed by atoms with Gasteiger partial charge in [0.2, 0.25) is 0 Å². The van der Waals surface area contributed by atoms with Gasteiger partial charge in [-0.1, -0.05) is 29.8 Å². The van der Waals surface area contributed by atoms with E-state index in [2.05, 4.69) is 26.7 Å². The van der Waals surface area contributed by atoms with Gasteiger partial charge in [-0.25, -0.2) is 14.4 Å². The fourth-order valence-electron chi connectivity index (χ4n) is 2.97. The van der Waals surface area contributed by atoms with E-state index in [0.29, 0.717) is 11.4 Å². The van der Waals surface area contributed by atoms with Crippen LogP contribution in [-0.2, 0) is 6.54 Å². The van der Waals surface area contributed by atoms with Crippen LogP contribution in [0.25, 0.3) is 0 Å². The Labute approximate surface area is 152 Å². The maximum Gasteiger partial charge on any atom is 0.270 e. The van der Waals surface area contributed by atoms with E-state index in [0.717, 1.165) is 13.0 Å². The van der Waals surface area contributed by atoms with Crippen molar-refractivity contribution in [1.82, 2.24) is 15.3 Å². The SMILES string of the molecule is O=C(NCc1ccccc1F)c1cc(NCCC2=CCCCC2)ncn1. The van der Waals surface area contributed by atoms with Crippen LogP contribution in [0.15, 0.2) is 48.3 Å². The van der Waals surface area contributed by atoms with E-state index < -0.39 is 0 Å². The smallest absolute Gasteiger partial charge is 0.270 e. The second-order valence-electron chi connectivity index (χ2n) is 6.35. The number of hydrogen-bond acceptors (Lipinski definition) is 4. The second-order valence-corrected chi connectivity index (χ2v) is 6.35. The van der Waals surface area contributed by atoms with Gasteiger partial charge in [-0.15, -0.1) is 0 Å². The van der Waals surface area contributed by atoms with Crippen LogP contribution in [0.4, 0.5) is 10.2 Å². The average Bonchev–Trinajstić information content (AvgIpc) is 2.68. The molecule has 1 aromatic carbocycles. The highest BCUT2D eigenvalue weighted by atomic mass is 19.1. The van der Waals surface area contributed by atoms with Crippen molar-refractivity contribution in [2.45, 2.75) is 38.6 Å². The minimum atomic E-state index is -0.353. The first-order chi connectivity index (χ1) is 12.7. The van der Waals surface area contributed by atoms with Crippen LogP contribution in [-0.4, -0.2) is 22.4 Å². The van der Waals surface area contributed by atoms with Crippen molar-refractivity contribution in [3.05, 3.63) is 65.4 Å². The summed E-state index contributed by atoms with van der Waals surface area (Å²) >= 11 is 0. The molecule has 1 aliphatic carbocycles. The van der Waals surface area contributed by atoms with Crippen molar-refractivity contribution >= 4 is 11.7 Å². The van der Waals surface area contributed by atoms with Crippen molar-refractivity contribution in [2.24, 2.45) is 0 Å². The third kappa shape index (κ3) is 5.12. The average molecular weight is 354 g/mol. The molecule has 3 rings (SSSR count). The molecule has 5 nitrogen and oxygen atoms in total. The molecule has 0 radical (unpaired) electrons. The lowest BCUT2D eigenvalue weighted by Gasteiger charge is -2.13. The fraction of sp³-hybridized carbons (Fsp3) is 0.350. The van der Waals surface area contributed by atoms with E-state index in [1.807, 2.05) is 0 Å². The molecule has 0 saturated heterocycles. The lowest BCUT2D eigenvalue weighted by Crippen LogP contribution is -2.24. The predicted octanol–water partition coefficient (Wildman–Crippen LogP) is 3.85. The number of anilines is 1. The first-order valence-corrected chi connectivity index (χ1v) is 8.98. The Morgan fingerprint density at radius 3 is 2.88 bits per heavy atom. The monoisotopic (exact) mass is 354 g/mol. The Morgan fingerprint density at radius 1 is 1.19 bits per heavy atom. The van der Waals surface area contributed by atoms with Crippen LogP contribution in [0.2, 0.25) is 0 Å². The van der Waals surface area contributed by atoms with Crippen molar-refractivity contribution in [3.8, 4) is 0 Å². The topological polar surface area (TPSA) is 66.9 Å². The van der Waals surface area contributed by atoms with Crippen LogP contribution in [0, 0.1) is 5.82 Å². The van der Waals surface area contributed by atoms with E-state index in [-0.39, 0.29) is 24.0 Å². The van der Waals surface area contributed by atoms with E-state index in [1.54, 1.807) is 24.3 Å². The summed E-state index contributed by atoms with van der Waals surface area (Å²) in [7, 11) is 0. The van der Waals surface area contributed by atoms with Gasteiger partial charge in [0.25, 0.3) is 5.91 Å². The zero-order valence-corrected chi connectivity index (χ0v) is 14.7. The first-order valence-electron chi connectivity index (χ1n) is 8.98. The number of aromatic nitrogens is 2. The van der Waals surface area contributed by atoms with Crippen LogP contribution >= 0.6 is 0 Å². The summed E-state index contributed by atoms with van der Waals surface area (Å²) < 4.78 is 13.6. The van der Waals surface area contributed by atoms with Crippen molar-refractivity contribution in [1.29, 1.82) is 0 Å². The summed E-state index contributed by atoms with van der Waals surface area (Å²) in [5.41, 5.74) is 2.19. The number of hydrogen-bond donors (Lipinski definition) is 2. The molecule has 0 unspecified atom stereocenters. The third-order valence-electron chi connectivity index (χ3n) is 4.43. The summed E-state index contributed by atoms with van der Waals surface area (Å²) in [6.45, 7) is 0.894. The van der Waals surface area contributed by atoms with Crippen molar-refractivity contribution < 1.29 is 9.18 Å². The van der Waals surface area contributed by atoms with Crippen molar-refractivity contribution in [2.75, 3.05) is 11.9 Å². The molecule has 0 aliphatic heterocycles. The minimum Gasteiger partial charge on any atom is -0.370 e. The zero-order chi connectivity index (χ0) is 18.2. The zero-order valence-electron chi connectivity index (χ0n) is 14.7. The number of amides is 1. The molecule has 136 valence electrons. The lowest BCUT2D eigenvalue weighted by atomic mass is 9.97. The molecule has 0 spiro atoms. The van der Waals surface area contributed by atoms with Gasteiger partial charge < -0.3 is 10.6 Å². The highest BCUT2D eigenvalue weighted by Crippen LogP contribution is 2.20. The highest BCUT2D eigenvalue weighted by molar-refractivity contribution is 5.92. The number of allylic oxidation sites excluding steroid dienone is 1. The van der Waals surface area contributed by atoms with Crippen molar-refractivity contribution in [3.63, 3.8) is 0 Å². The summed E-state index contributed by atoms with van der Waals surface area (Å²) in [6.07, 6.45) is 9.58. The second kappa shape index (κ2) is 9.08. The van der Waals surface area contributed by atoms with Crippen LogP contribution in [0.5, 0.6) is 0 Å². The van der Waals surface area contributed by atoms with Crippen LogP contribution in [0.1, 0.15) is 48.2 Å². The van der Waals surface area contributed by atoms with Gasteiger partial charge in [0.1, 0.15) is 23.7 Å². The quantitative estimate of drug-likeness (QED) is 0.741. The Bertz CT molecular complexity index is 791. The molecular weight excluding hydrogens is 331 g/mol. The molecule has 0 bridgehead atoms. The van der Waals surface area contributed by atoms with Gasteiger partial charge in [0.15, 0.2) is 0 Å². The predicted molar refractivity (Wildman–Crippen MR) is 99.3 cm³/mol. The number of nitrogens with one attached hydrogen (secondary N) is 2. The largest absolute Gasteiger partial charge is 0.370 e. The van der Waals surface area contributed by atoms with Crippen LogP contribution < -0.4 is 10.6 Å². The van der Waals surface area contributed by atoms with E-state index in [9.17, 15) is 9.18 Å².